The summed E-state index contributed by atoms with van der Waals surface area (Å²) in [4.78, 5) is 4.06. The van der Waals surface area contributed by atoms with Crippen molar-refractivity contribution in [1.29, 1.82) is 5.26 Å². The minimum Gasteiger partial charge on any atom is -0.264 e. The molecule has 0 amide bonds. The Morgan fingerprint density at radius 1 is 1.14 bits per heavy atom. The summed E-state index contributed by atoms with van der Waals surface area (Å²) >= 11 is 6.55. The lowest BCUT2D eigenvalue weighted by Crippen LogP contribution is -2.13. The van der Waals surface area contributed by atoms with Crippen molar-refractivity contribution in [3.05, 3.63) is 65.5 Å². The quantitative estimate of drug-likeness (QED) is 0.730. The van der Waals surface area contributed by atoms with Gasteiger partial charge in [-0.15, -0.1) is 0 Å². The van der Waals surface area contributed by atoms with E-state index in [1.807, 2.05) is 24.3 Å². The maximum atomic E-state index is 9.48. The van der Waals surface area contributed by atoms with Crippen LogP contribution in [0.2, 0.25) is 0 Å². The topological polar surface area (TPSA) is 36.7 Å². The predicted molar refractivity (Wildman–Crippen MR) is 87.7 cm³/mol. The molecule has 0 aliphatic heterocycles. The number of allylic oxidation sites excluding steroid dienone is 1. The van der Waals surface area contributed by atoms with Gasteiger partial charge < -0.3 is 0 Å². The monoisotopic (exact) mass is 296 g/mol. The lowest BCUT2D eigenvalue weighted by Gasteiger charge is -2.23. The second-order valence-electron chi connectivity index (χ2n) is 5.84. The average molecular weight is 297 g/mol. The Bertz CT molecular complexity index is 704. The van der Waals surface area contributed by atoms with Gasteiger partial charge in [0.15, 0.2) is 0 Å². The zero-order valence-electron chi connectivity index (χ0n) is 12.4. The van der Waals surface area contributed by atoms with Gasteiger partial charge in [-0.25, -0.2) is 0 Å². The molecule has 0 bridgehead atoms. The van der Waals surface area contributed by atoms with E-state index in [0.29, 0.717) is 10.6 Å². The summed E-state index contributed by atoms with van der Waals surface area (Å²) in [6.45, 7) is 6.39. The lowest BCUT2D eigenvalue weighted by atomic mass is 9.83. The largest absolute Gasteiger partial charge is 0.264 e. The van der Waals surface area contributed by atoms with Gasteiger partial charge in [0, 0.05) is 18.0 Å². The van der Waals surface area contributed by atoms with Gasteiger partial charge in [0.2, 0.25) is 0 Å². The zero-order valence-corrected chi connectivity index (χ0v) is 13.1. The molecule has 0 radical (unpaired) electrons. The van der Waals surface area contributed by atoms with Gasteiger partial charge in [0.05, 0.1) is 10.6 Å². The van der Waals surface area contributed by atoms with E-state index < -0.39 is 0 Å². The van der Waals surface area contributed by atoms with Crippen LogP contribution in [-0.4, -0.2) is 4.98 Å². The van der Waals surface area contributed by atoms with Crippen LogP contribution < -0.4 is 0 Å². The Kier molecular flexibility index (Phi) is 4.45. The van der Waals surface area contributed by atoms with Crippen molar-refractivity contribution in [2.75, 3.05) is 0 Å². The highest BCUT2D eigenvalue weighted by molar-refractivity contribution is 6.53. The number of nitrogens with zero attached hydrogens (tertiary/aromatic N) is 2. The van der Waals surface area contributed by atoms with E-state index in [1.165, 1.54) is 0 Å². The minimum atomic E-state index is -0.0494. The van der Waals surface area contributed by atoms with Gasteiger partial charge in [0.25, 0.3) is 0 Å². The van der Waals surface area contributed by atoms with Crippen molar-refractivity contribution in [2.24, 2.45) is 0 Å². The van der Waals surface area contributed by atoms with Crippen molar-refractivity contribution in [1.82, 2.24) is 4.98 Å². The summed E-state index contributed by atoms with van der Waals surface area (Å²) in [6, 6.07) is 13.8. The highest BCUT2D eigenvalue weighted by Gasteiger charge is 2.20. The molecule has 0 unspecified atom stereocenters. The Morgan fingerprint density at radius 2 is 1.86 bits per heavy atom. The summed E-state index contributed by atoms with van der Waals surface area (Å²) in [5.74, 6) is 0. The van der Waals surface area contributed by atoms with E-state index in [2.05, 4.69) is 37.9 Å². The molecular formula is C18H17ClN2. The van der Waals surface area contributed by atoms with Crippen molar-refractivity contribution in [3.8, 4) is 6.07 Å². The molecule has 21 heavy (non-hydrogen) atoms. The number of hydrogen-bond donors (Lipinski definition) is 0. The molecular weight excluding hydrogens is 280 g/mol. The van der Waals surface area contributed by atoms with Crippen molar-refractivity contribution < 1.29 is 0 Å². The minimum absolute atomic E-state index is 0.0494. The van der Waals surface area contributed by atoms with E-state index in [9.17, 15) is 5.26 Å². The fourth-order valence-corrected chi connectivity index (χ4v) is 2.53. The summed E-state index contributed by atoms with van der Waals surface area (Å²) in [5, 5.41) is 9.95. The Balaban J connectivity index is 2.66. The molecule has 1 aromatic heterocycles. The molecule has 106 valence electrons. The first-order chi connectivity index (χ1) is 9.95. The van der Waals surface area contributed by atoms with E-state index in [1.54, 1.807) is 18.5 Å². The fraction of sp³-hybridized carbons (Fsp3) is 0.222. The molecule has 0 saturated heterocycles. The van der Waals surface area contributed by atoms with E-state index in [-0.39, 0.29) is 5.41 Å². The van der Waals surface area contributed by atoms with Crippen LogP contribution >= 0.6 is 11.6 Å². The molecule has 1 heterocycles. The van der Waals surface area contributed by atoms with Gasteiger partial charge in [0.1, 0.15) is 6.07 Å². The second kappa shape index (κ2) is 6.11. The average Bonchev–Trinajstić information content (AvgIpc) is 2.48. The SMILES string of the molecule is CC(C)(C)c1ccccc1/C(Cl)=C(/C#N)c1cccnc1. The van der Waals surface area contributed by atoms with Gasteiger partial charge in [-0.2, -0.15) is 5.26 Å². The normalized spacial score (nSPS) is 12.5. The highest BCUT2D eigenvalue weighted by atomic mass is 35.5. The molecule has 3 heteroatoms. The second-order valence-corrected chi connectivity index (χ2v) is 6.22. The van der Waals surface area contributed by atoms with Gasteiger partial charge in [-0.1, -0.05) is 62.7 Å². The van der Waals surface area contributed by atoms with Crippen LogP contribution in [0.25, 0.3) is 10.6 Å². The third-order valence-corrected chi connectivity index (χ3v) is 3.65. The van der Waals surface area contributed by atoms with Crippen LogP contribution in [0.1, 0.15) is 37.5 Å². The zero-order chi connectivity index (χ0) is 15.5. The molecule has 2 aromatic rings. The van der Waals surface area contributed by atoms with Crippen LogP contribution in [0.3, 0.4) is 0 Å². The standard InChI is InChI=1S/C18H17ClN2/c1-18(2,3)16-9-5-4-8-14(16)17(19)15(11-20)13-7-6-10-21-12-13/h4-10,12H,1-3H3/b17-15+. The Labute approximate surface area is 130 Å². The number of rotatable bonds is 2. The molecule has 0 spiro atoms. The number of benzene rings is 1. The number of pyridine rings is 1. The van der Waals surface area contributed by atoms with Crippen LogP contribution in [-0.2, 0) is 5.41 Å². The van der Waals surface area contributed by atoms with E-state index in [0.717, 1.165) is 16.7 Å². The number of hydrogen-bond acceptors (Lipinski definition) is 2. The first kappa shape index (κ1) is 15.3. The predicted octanol–water partition coefficient (Wildman–Crippen LogP) is 5.01. The molecule has 1 aromatic carbocycles. The number of aromatic nitrogens is 1. The van der Waals surface area contributed by atoms with Gasteiger partial charge in [-0.3, -0.25) is 4.98 Å². The number of nitriles is 1. The van der Waals surface area contributed by atoms with E-state index in [4.69, 9.17) is 11.6 Å². The summed E-state index contributed by atoms with van der Waals surface area (Å²) in [6.07, 6.45) is 3.33. The summed E-state index contributed by atoms with van der Waals surface area (Å²) in [5.41, 5.74) is 3.14. The molecule has 0 aliphatic carbocycles. The fourth-order valence-electron chi connectivity index (χ4n) is 2.21. The van der Waals surface area contributed by atoms with Gasteiger partial charge in [-0.05, 0) is 22.6 Å². The highest BCUT2D eigenvalue weighted by Crippen LogP contribution is 2.35. The maximum absolute atomic E-state index is 9.48. The van der Waals surface area contributed by atoms with Crippen molar-refractivity contribution in [3.63, 3.8) is 0 Å². The number of halogens is 1. The van der Waals surface area contributed by atoms with Crippen LogP contribution in [0, 0.1) is 11.3 Å². The molecule has 2 nitrogen and oxygen atoms in total. The molecule has 0 atom stereocenters. The smallest absolute Gasteiger partial charge is 0.101 e. The molecule has 0 saturated carbocycles. The van der Waals surface area contributed by atoms with Gasteiger partial charge >= 0.3 is 0 Å². The van der Waals surface area contributed by atoms with Crippen molar-refractivity contribution >= 4 is 22.2 Å². The Hall–Kier alpha value is -2.11. The van der Waals surface area contributed by atoms with E-state index >= 15 is 0 Å². The molecule has 0 N–H and O–H groups in total. The lowest BCUT2D eigenvalue weighted by molar-refractivity contribution is 0.589. The molecule has 2 rings (SSSR count). The summed E-state index contributed by atoms with van der Waals surface area (Å²) < 4.78 is 0. The first-order valence-corrected chi connectivity index (χ1v) is 7.13. The molecule has 0 fully saturated rings. The van der Waals surface area contributed by atoms with Crippen LogP contribution in [0.15, 0.2) is 48.8 Å². The Morgan fingerprint density at radius 3 is 2.43 bits per heavy atom. The summed E-state index contributed by atoms with van der Waals surface area (Å²) in [7, 11) is 0. The maximum Gasteiger partial charge on any atom is 0.101 e. The van der Waals surface area contributed by atoms with Crippen LogP contribution in [0.5, 0.6) is 0 Å². The first-order valence-electron chi connectivity index (χ1n) is 6.75. The van der Waals surface area contributed by atoms with Crippen LogP contribution in [0.4, 0.5) is 0 Å². The van der Waals surface area contributed by atoms with Crippen molar-refractivity contribution in [2.45, 2.75) is 26.2 Å². The third-order valence-electron chi connectivity index (χ3n) is 3.25. The third kappa shape index (κ3) is 3.32. The molecule has 0 aliphatic rings.